The fourth-order valence-electron chi connectivity index (χ4n) is 2.45. The fourth-order valence-corrected chi connectivity index (χ4v) is 3.71. The van der Waals surface area contributed by atoms with Gasteiger partial charge in [-0.15, -0.1) is 0 Å². The highest BCUT2D eigenvalue weighted by Gasteiger charge is 2.21. The number of anilines is 2. The molecule has 0 saturated carbocycles. The van der Waals surface area contributed by atoms with Crippen LogP contribution in [0.2, 0.25) is 0 Å². The molecule has 2 aromatic carbocycles. The van der Waals surface area contributed by atoms with E-state index < -0.39 is 15.9 Å². The third-order valence-corrected chi connectivity index (χ3v) is 5.27. The van der Waals surface area contributed by atoms with Crippen molar-refractivity contribution in [3.05, 3.63) is 66.7 Å². The van der Waals surface area contributed by atoms with Crippen LogP contribution < -0.4 is 19.5 Å². The van der Waals surface area contributed by atoms with Crippen molar-refractivity contribution in [2.75, 3.05) is 24.3 Å². The van der Waals surface area contributed by atoms with Crippen molar-refractivity contribution in [1.82, 2.24) is 9.97 Å². The van der Waals surface area contributed by atoms with E-state index in [1.165, 1.54) is 51.0 Å². The highest BCUT2D eigenvalue weighted by molar-refractivity contribution is 7.92. The average molecular weight is 414 g/mol. The summed E-state index contributed by atoms with van der Waals surface area (Å²) in [5.41, 5.74) is 0.768. The molecule has 9 nitrogen and oxygen atoms in total. The molecule has 2 N–H and O–H groups in total. The van der Waals surface area contributed by atoms with Gasteiger partial charge in [-0.25, -0.2) is 18.4 Å². The predicted molar refractivity (Wildman–Crippen MR) is 107 cm³/mol. The van der Waals surface area contributed by atoms with Crippen LogP contribution in [0, 0.1) is 0 Å². The second kappa shape index (κ2) is 8.57. The first kappa shape index (κ1) is 20.1. The van der Waals surface area contributed by atoms with Crippen LogP contribution in [-0.2, 0) is 10.0 Å². The zero-order valence-corrected chi connectivity index (χ0v) is 16.4. The third-order valence-electron chi connectivity index (χ3n) is 3.87. The lowest BCUT2D eigenvalue weighted by molar-refractivity contribution is 0.102. The number of methoxy groups -OCH3 is 2. The number of nitrogens with one attached hydrogen (secondary N) is 2. The summed E-state index contributed by atoms with van der Waals surface area (Å²) < 4.78 is 38.5. The van der Waals surface area contributed by atoms with Crippen LogP contribution in [0.25, 0.3) is 0 Å². The number of nitrogens with zero attached hydrogens (tertiary/aromatic N) is 2. The molecule has 1 aromatic heterocycles. The Morgan fingerprint density at radius 3 is 2.31 bits per heavy atom. The van der Waals surface area contributed by atoms with E-state index in [1.54, 1.807) is 24.3 Å². The molecule has 0 aliphatic heterocycles. The number of hydrogen-bond acceptors (Lipinski definition) is 7. The van der Waals surface area contributed by atoms with E-state index in [-0.39, 0.29) is 22.0 Å². The third kappa shape index (κ3) is 4.79. The van der Waals surface area contributed by atoms with E-state index in [2.05, 4.69) is 20.0 Å². The van der Waals surface area contributed by atoms with Crippen molar-refractivity contribution in [2.45, 2.75) is 4.90 Å². The Balaban J connectivity index is 1.88. The smallest absolute Gasteiger partial charge is 0.274 e. The number of carbonyl (C=O) groups excluding carboxylic acids is 1. The minimum Gasteiger partial charge on any atom is -0.497 e. The quantitative estimate of drug-likeness (QED) is 0.610. The zero-order valence-electron chi connectivity index (χ0n) is 15.6. The van der Waals surface area contributed by atoms with Gasteiger partial charge in [0.25, 0.3) is 15.9 Å². The number of hydrogen-bond donors (Lipinski definition) is 2. The lowest BCUT2D eigenvalue weighted by Crippen LogP contribution is -2.16. The Labute approximate surface area is 167 Å². The number of ether oxygens (including phenoxy) is 2. The van der Waals surface area contributed by atoms with E-state index in [9.17, 15) is 13.2 Å². The maximum absolute atomic E-state index is 12.9. The molecule has 0 saturated heterocycles. The lowest BCUT2D eigenvalue weighted by Gasteiger charge is -2.14. The number of rotatable bonds is 7. The molecule has 0 aliphatic rings. The minimum atomic E-state index is -3.99. The average Bonchev–Trinajstić information content (AvgIpc) is 2.74. The van der Waals surface area contributed by atoms with Crippen LogP contribution in [0.15, 0.2) is 66.0 Å². The highest BCUT2D eigenvalue weighted by atomic mass is 32.2. The first-order chi connectivity index (χ1) is 13.9. The molecule has 0 atom stereocenters. The normalized spacial score (nSPS) is 10.8. The van der Waals surface area contributed by atoms with Crippen molar-refractivity contribution >= 4 is 27.3 Å². The standard InChI is InChI=1S/C19H18N4O5S/c1-27-15-6-3-13(4-7-15)23-29(25,26)18-11-14(5-8-17(18)28-2)22-19(24)16-9-10-20-12-21-16/h3-12,23H,1-2H3,(H,22,24). The van der Waals surface area contributed by atoms with Gasteiger partial charge in [0, 0.05) is 17.6 Å². The van der Waals surface area contributed by atoms with Gasteiger partial charge in [-0.2, -0.15) is 0 Å². The molecular formula is C19H18N4O5S. The molecule has 0 bridgehead atoms. The van der Waals surface area contributed by atoms with Crippen LogP contribution in [0.1, 0.15) is 10.5 Å². The maximum atomic E-state index is 12.9. The SMILES string of the molecule is COc1ccc(NS(=O)(=O)c2cc(NC(=O)c3ccncn3)ccc2OC)cc1. The first-order valence-corrected chi connectivity index (χ1v) is 9.83. The summed E-state index contributed by atoms with van der Waals surface area (Å²) in [6.07, 6.45) is 2.68. The van der Waals surface area contributed by atoms with Crippen LogP contribution in [0.5, 0.6) is 11.5 Å². The molecule has 0 spiro atoms. The molecule has 150 valence electrons. The summed E-state index contributed by atoms with van der Waals surface area (Å²) >= 11 is 0. The summed E-state index contributed by atoms with van der Waals surface area (Å²) in [6.45, 7) is 0. The van der Waals surface area contributed by atoms with Gasteiger partial charge in [0.1, 0.15) is 28.4 Å². The molecule has 29 heavy (non-hydrogen) atoms. The Morgan fingerprint density at radius 2 is 1.69 bits per heavy atom. The monoisotopic (exact) mass is 414 g/mol. The Hall–Kier alpha value is -3.66. The highest BCUT2D eigenvalue weighted by Crippen LogP contribution is 2.29. The van der Waals surface area contributed by atoms with Gasteiger partial charge in [0.2, 0.25) is 0 Å². The van der Waals surface area contributed by atoms with Gasteiger partial charge < -0.3 is 14.8 Å². The second-order valence-electron chi connectivity index (χ2n) is 5.75. The summed E-state index contributed by atoms with van der Waals surface area (Å²) in [5, 5.41) is 2.61. The molecule has 3 rings (SSSR count). The van der Waals surface area contributed by atoms with Crippen LogP contribution >= 0.6 is 0 Å². The van der Waals surface area contributed by atoms with Gasteiger partial charge >= 0.3 is 0 Å². The van der Waals surface area contributed by atoms with E-state index in [1.807, 2.05) is 0 Å². The zero-order chi connectivity index (χ0) is 20.9. The number of carbonyl (C=O) groups is 1. The van der Waals surface area contributed by atoms with Crippen molar-refractivity contribution in [3.8, 4) is 11.5 Å². The minimum absolute atomic E-state index is 0.128. The van der Waals surface area contributed by atoms with E-state index >= 15 is 0 Å². The van der Waals surface area contributed by atoms with E-state index in [0.717, 1.165) is 0 Å². The molecule has 10 heteroatoms. The van der Waals surface area contributed by atoms with E-state index in [4.69, 9.17) is 9.47 Å². The van der Waals surface area contributed by atoms with Crippen LogP contribution in [0.3, 0.4) is 0 Å². The number of benzene rings is 2. The van der Waals surface area contributed by atoms with Crippen molar-refractivity contribution in [3.63, 3.8) is 0 Å². The van der Waals surface area contributed by atoms with Gasteiger partial charge in [-0.1, -0.05) is 0 Å². The van der Waals surface area contributed by atoms with E-state index in [0.29, 0.717) is 11.4 Å². The Morgan fingerprint density at radius 1 is 0.966 bits per heavy atom. The van der Waals surface area contributed by atoms with Crippen molar-refractivity contribution in [2.24, 2.45) is 0 Å². The lowest BCUT2D eigenvalue weighted by atomic mass is 10.3. The molecule has 1 heterocycles. The van der Waals surface area contributed by atoms with Crippen LogP contribution in [0.4, 0.5) is 11.4 Å². The van der Waals surface area contributed by atoms with Crippen molar-refractivity contribution in [1.29, 1.82) is 0 Å². The number of aromatic nitrogens is 2. The summed E-state index contributed by atoms with van der Waals surface area (Å²) in [6, 6.07) is 12.2. The predicted octanol–water partition coefficient (Wildman–Crippen LogP) is 2.55. The summed E-state index contributed by atoms with van der Waals surface area (Å²) in [7, 11) is -1.11. The van der Waals surface area contributed by atoms with Gasteiger partial charge in [0.15, 0.2) is 0 Å². The number of amides is 1. The molecule has 0 aliphatic carbocycles. The van der Waals surface area contributed by atoms with Gasteiger partial charge in [0.05, 0.1) is 14.2 Å². The Kier molecular flexibility index (Phi) is 5.93. The molecule has 1 amide bonds. The molecule has 0 radical (unpaired) electrons. The van der Waals surface area contributed by atoms with Crippen molar-refractivity contribution < 1.29 is 22.7 Å². The molecule has 0 fully saturated rings. The summed E-state index contributed by atoms with van der Waals surface area (Å²) in [4.78, 5) is 19.8. The van der Waals surface area contributed by atoms with Crippen LogP contribution in [-0.4, -0.2) is 38.5 Å². The van der Waals surface area contributed by atoms with Gasteiger partial charge in [-0.05, 0) is 48.5 Å². The first-order valence-electron chi connectivity index (χ1n) is 8.35. The Bertz CT molecular complexity index is 1100. The second-order valence-corrected chi connectivity index (χ2v) is 7.40. The molecule has 0 unspecified atom stereocenters. The number of sulfonamides is 1. The molecular weight excluding hydrogens is 396 g/mol. The topological polar surface area (TPSA) is 120 Å². The molecule has 3 aromatic rings. The largest absolute Gasteiger partial charge is 0.497 e. The maximum Gasteiger partial charge on any atom is 0.274 e. The van der Waals surface area contributed by atoms with Gasteiger partial charge in [-0.3, -0.25) is 9.52 Å². The summed E-state index contributed by atoms with van der Waals surface area (Å²) in [5.74, 6) is 0.232. The fraction of sp³-hybridized carbons (Fsp3) is 0.105.